The van der Waals surface area contributed by atoms with E-state index in [1.54, 1.807) is 10.9 Å². The Balaban J connectivity index is 1.49. The number of aromatic nitrogens is 5. The van der Waals surface area contributed by atoms with E-state index in [-0.39, 0.29) is 5.91 Å². The van der Waals surface area contributed by atoms with Crippen LogP contribution in [0.4, 0.5) is 11.5 Å². The van der Waals surface area contributed by atoms with Gasteiger partial charge in [-0.1, -0.05) is 0 Å². The van der Waals surface area contributed by atoms with E-state index in [1.165, 1.54) is 0 Å². The second-order valence-electron chi connectivity index (χ2n) is 8.35. The number of fused-ring (bicyclic) bond motifs is 2. The second-order valence-corrected chi connectivity index (χ2v) is 8.35. The fourth-order valence-corrected chi connectivity index (χ4v) is 4.45. The van der Waals surface area contributed by atoms with E-state index in [4.69, 9.17) is 4.74 Å². The minimum atomic E-state index is -0.272. The molecule has 0 bridgehead atoms. The zero-order chi connectivity index (χ0) is 23.1. The van der Waals surface area contributed by atoms with Crippen LogP contribution in [-0.4, -0.2) is 62.8 Å². The van der Waals surface area contributed by atoms with Crippen molar-refractivity contribution in [3.8, 4) is 5.88 Å². The predicted octanol–water partition coefficient (Wildman–Crippen LogP) is 2.37. The lowest BCUT2D eigenvalue weighted by Gasteiger charge is -2.20. The lowest BCUT2D eigenvalue weighted by atomic mass is 10.1. The Kier molecular flexibility index (Phi) is 5.37. The molecule has 1 aliphatic heterocycles. The van der Waals surface area contributed by atoms with Crippen molar-refractivity contribution in [3.63, 3.8) is 0 Å². The molecule has 5 rings (SSSR count). The van der Waals surface area contributed by atoms with Crippen LogP contribution in [0.1, 0.15) is 29.4 Å². The van der Waals surface area contributed by atoms with E-state index in [0.29, 0.717) is 41.1 Å². The van der Waals surface area contributed by atoms with Crippen LogP contribution in [0.25, 0.3) is 16.6 Å². The summed E-state index contributed by atoms with van der Waals surface area (Å²) >= 11 is 0. The SMILES string of the molecule is CCOc1nc(NC(=O)c2ccc(N3CC[C@H](NC)C3)c3cn(C)nc23)cn2cc(C)nc12. The van der Waals surface area contributed by atoms with E-state index < -0.39 is 0 Å². The molecule has 3 aromatic heterocycles. The number of nitrogens with one attached hydrogen (secondary N) is 2. The monoisotopic (exact) mass is 448 g/mol. The summed E-state index contributed by atoms with van der Waals surface area (Å²) in [5, 5.41) is 11.8. The Bertz CT molecular complexity index is 1340. The van der Waals surface area contributed by atoms with Gasteiger partial charge in [-0.25, -0.2) is 4.98 Å². The average Bonchev–Trinajstić information content (AvgIpc) is 3.50. The quantitative estimate of drug-likeness (QED) is 0.467. The molecule has 0 radical (unpaired) electrons. The van der Waals surface area contributed by atoms with Crippen molar-refractivity contribution in [2.24, 2.45) is 7.05 Å². The maximum atomic E-state index is 13.3. The van der Waals surface area contributed by atoms with Crippen molar-refractivity contribution in [1.29, 1.82) is 0 Å². The third-order valence-corrected chi connectivity index (χ3v) is 6.00. The van der Waals surface area contributed by atoms with Gasteiger partial charge in [-0.3, -0.25) is 13.9 Å². The number of amides is 1. The van der Waals surface area contributed by atoms with E-state index in [2.05, 4.69) is 30.6 Å². The number of imidazole rings is 1. The van der Waals surface area contributed by atoms with Gasteiger partial charge in [-0.15, -0.1) is 0 Å². The van der Waals surface area contributed by atoms with Crippen molar-refractivity contribution >= 4 is 34.0 Å². The Morgan fingerprint density at radius 2 is 2.09 bits per heavy atom. The van der Waals surface area contributed by atoms with Gasteiger partial charge in [0.1, 0.15) is 5.52 Å². The molecule has 1 aliphatic rings. The lowest BCUT2D eigenvalue weighted by molar-refractivity contribution is 0.102. The minimum Gasteiger partial charge on any atom is -0.475 e. The molecule has 0 aliphatic carbocycles. The molecule has 2 N–H and O–H groups in total. The van der Waals surface area contributed by atoms with Gasteiger partial charge in [0.15, 0.2) is 5.82 Å². The summed E-state index contributed by atoms with van der Waals surface area (Å²) in [6.45, 7) is 6.14. The molecule has 0 unspecified atom stereocenters. The number of anilines is 2. The standard InChI is InChI=1S/C23H28N8O2/c1-5-33-23-21-25-14(2)10-31(21)13-19(27-23)26-22(32)16-6-7-18(17-12-29(4)28-20(16)17)30-9-8-15(11-30)24-3/h6-7,10,12-13,15,24H,5,8-9,11H2,1-4H3,(H,26,32)/t15-/m0/s1. The zero-order valence-electron chi connectivity index (χ0n) is 19.3. The number of ether oxygens (including phenoxy) is 1. The zero-order valence-corrected chi connectivity index (χ0v) is 19.3. The predicted molar refractivity (Wildman–Crippen MR) is 127 cm³/mol. The Morgan fingerprint density at radius 3 is 2.85 bits per heavy atom. The molecule has 10 nitrogen and oxygen atoms in total. The highest BCUT2D eigenvalue weighted by molar-refractivity contribution is 6.13. The number of rotatable bonds is 6. The average molecular weight is 449 g/mol. The number of hydrogen-bond donors (Lipinski definition) is 2. The lowest BCUT2D eigenvalue weighted by Crippen LogP contribution is -2.29. The van der Waals surface area contributed by atoms with Gasteiger partial charge in [0, 0.05) is 49.6 Å². The van der Waals surface area contributed by atoms with Gasteiger partial charge in [-0.2, -0.15) is 10.1 Å². The Morgan fingerprint density at radius 1 is 1.24 bits per heavy atom. The first-order chi connectivity index (χ1) is 16.0. The summed E-state index contributed by atoms with van der Waals surface area (Å²) in [5.41, 5.74) is 3.73. The van der Waals surface area contributed by atoms with Gasteiger partial charge in [0.05, 0.1) is 24.1 Å². The highest BCUT2D eigenvalue weighted by Crippen LogP contribution is 2.31. The molecular weight excluding hydrogens is 420 g/mol. The summed E-state index contributed by atoms with van der Waals surface area (Å²) < 4.78 is 9.22. The molecule has 1 aromatic carbocycles. The number of carbonyl (C=O) groups excluding carboxylic acids is 1. The van der Waals surface area contributed by atoms with Crippen LogP contribution in [0.15, 0.2) is 30.7 Å². The topological polar surface area (TPSA) is 102 Å². The summed E-state index contributed by atoms with van der Waals surface area (Å²) in [6.07, 6.45) is 6.67. The largest absolute Gasteiger partial charge is 0.475 e. The molecule has 1 atom stereocenters. The summed E-state index contributed by atoms with van der Waals surface area (Å²) in [4.78, 5) is 24.6. The van der Waals surface area contributed by atoms with Crippen molar-refractivity contribution in [2.75, 3.05) is 37.0 Å². The van der Waals surface area contributed by atoms with Gasteiger partial charge >= 0.3 is 0 Å². The van der Waals surface area contributed by atoms with Gasteiger partial charge < -0.3 is 20.3 Å². The van der Waals surface area contributed by atoms with Crippen molar-refractivity contribution in [2.45, 2.75) is 26.3 Å². The van der Waals surface area contributed by atoms with Crippen molar-refractivity contribution in [3.05, 3.63) is 42.0 Å². The highest BCUT2D eigenvalue weighted by atomic mass is 16.5. The maximum Gasteiger partial charge on any atom is 0.260 e. The molecule has 1 amide bonds. The number of benzene rings is 1. The molecule has 10 heteroatoms. The van der Waals surface area contributed by atoms with E-state index >= 15 is 0 Å². The smallest absolute Gasteiger partial charge is 0.260 e. The Hall–Kier alpha value is -3.66. The summed E-state index contributed by atoms with van der Waals surface area (Å²) in [6, 6.07) is 4.32. The number of aryl methyl sites for hydroxylation is 2. The first-order valence-electron chi connectivity index (χ1n) is 11.2. The molecule has 0 saturated carbocycles. The third kappa shape index (κ3) is 3.86. The molecule has 0 spiro atoms. The van der Waals surface area contributed by atoms with Gasteiger partial charge in [0.2, 0.25) is 5.65 Å². The molecule has 4 heterocycles. The molecule has 4 aromatic rings. The first kappa shape index (κ1) is 21.2. The molecule has 172 valence electrons. The van der Waals surface area contributed by atoms with Gasteiger partial charge in [-0.05, 0) is 39.4 Å². The van der Waals surface area contributed by atoms with Crippen LogP contribution >= 0.6 is 0 Å². The molecule has 1 saturated heterocycles. The fourth-order valence-electron chi connectivity index (χ4n) is 4.45. The summed E-state index contributed by atoms with van der Waals surface area (Å²) in [7, 11) is 3.87. The highest BCUT2D eigenvalue weighted by Gasteiger charge is 2.25. The molecule has 33 heavy (non-hydrogen) atoms. The number of likely N-dealkylation sites (N-methyl/N-ethyl adjacent to an activating group) is 1. The van der Waals surface area contributed by atoms with E-state index in [1.807, 2.05) is 56.9 Å². The van der Waals surface area contributed by atoms with Crippen LogP contribution in [0, 0.1) is 6.92 Å². The summed E-state index contributed by atoms with van der Waals surface area (Å²) in [5.74, 6) is 0.499. The van der Waals surface area contributed by atoms with Crippen LogP contribution < -0.4 is 20.3 Å². The van der Waals surface area contributed by atoms with Gasteiger partial charge in [0.25, 0.3) is 11.8 Å². The van der Waals surface area contributed by atoms with Crippen LogP contribution in [0.3, 0.4) is 0 Å². The van der Waals surface area contributed by atoms with E-state index in [0.717, 1.165) is 36.3 Å². The minimum absolute atomic E-state index is 0.272. The Labute approximate surface area is 191 Å². The van der Waals surface area contributed by atoms with Crippen molar-refractivity contribution < 1.29 is 9.53 Å². The second kappa shape index (κ2) is 8.36. The third-order valence-electron chi connectivity index (χ3n) is 6.00. The normalized spacial score (nSPS) is 16.1. The molecular formula is C23H28N8O2. The fraction of sp³-hybridized carbons (Fsp3) is 0.391. The van der Waals surface area contributed by atoms with Crippen LogP contribution in [-0.2, 0) is 7.05 Å². The molecule has 1 fully saturated rings. The number of nitrogens with zero attached hydrogens (tertiary/aromatic N) is 6. The number of carbonyl (C=O) groups is 1. The maximum absolute atomic E-state index is 13.3. The van der Waals surface area contributed by atoms with E-state index in [9.17, 15) is 4.79 Å². The first-order valence-corrected chi connectivity index (χ1v) is 11.2. The number of hydrogen-bond acceptors (Lipinski definition) is 7. The van der Waals surface area contributed by atoms with Crippen LogP contribution in [0.5, 0.6) is 5.88 Å². The van der Waals surface area contributed by atoms with Crippen molar-refractivity contribution in [1.82, 2.24) is 29.5 Å². The van der Waals surface area contributed by atoms with Crippen LogP contribution in [0.2, 0.25) is 0 Å².